The SMILES string of the molecule is c1ccc2c(-c3c4ccccc4c(-c4cc5cccc6c7c8ccccc8oc7c7cccc4c7c56)c4ccccc34)cccc2c1. The Hall–Kier alpha value is -6.18. The van der Waals surface area contributed by atoms with E-state index in [1.165, 1.54) is 97.7 Å². The summed E-state index contributed by atoms with van der Waals surface area (Å²) < 4.78 is 6.65. The summed E-state index contributed by atoms with van der Waals surface area (Å²) in [6.45, 7) is 0. The number of hydrogen-bond donors (Lipinski definition) is 0. The lowest BCUT2D eigenvalue weighted by Gasteiger charge is -2.21. The normalized spacial score (nSPS) is 12.3. The number of furan rings is 1. The average Bonchev–Trinajstić information content (AvgIpc) is 3.53. The van der Waals surface area contributed by atoms with Crippen LogP contribution < -0.4 is 0 Å². The number of benzene rings is 10. The first kappa shape index (κ1) is 25.1. The van der Waals surface area contributed by atoms with E-state index in [0.717, 1.165) is 11.2 Å². The third kappa shape index (κ3) is 3.28. The van der Waals surface area contributed by atoms with Crippen molar-refractivity contribution in [2.45, 2.75) is 0 Å². The molecule has 0 radical (unpaired) electrons. The van der Waals surface area contributed by atoms with Crippen molar-refractivity contribution in [3.63, 3.8) is 0 Å². The molecule has 0 aliphatic rings. The van der Waals surface area contributed by atoms with E-state index in [2.05, 4.69) is 158 Å². The van der Waals surface area contributed by atoms with Gasteiger partial charge in [0.25, 0.3) is 0 Å². The third-order valence-electron chi connectivity index (χ3n) is 10.4. The van der Waals surface area contributed by atoms with Crippen molar-refractivity contribution >= 4 is 86.6 Å². The standard InChI is InChI=1S/C46H26O/c1-2-15-29-27(12-1)13-9-21-30(29)42-31-16-3-5-18-33(31)43(34-19-6-4-17-32(34)42)39-26-28-14-10-23-37-41(28)44-35(39)22-11-24-38(44)46-45(37)36-20-7-8-25-40(36)47-46/h1-26H. The minimum atomic E-state index is 0.931. The van der Waals surface area contributed by atoms with Crippen LogP contribution in [0, 0.1) is 0 Å². The number of rotatable bonds is 2. The van der Waals surface area contributed by atoms with Crippen LogP contribution in [0.1, 0.15) is 0 Å². The quantitative estimate of drug-likeness (QED) is 0.143. The van der Waals surface area contributed by atoms with E-state index in [9.17, 15) is 0 Å². The first-order chi connectivity index (χ1) is 23.3. The van der Waals surface area contributed by atoms with Gasteiger partial charge in [0.15, 0.2) is 0 Å². The molecule has 11 rings (SSSR count). The first-order valence-corrected chi connectivity index (χ1v) is 16.3. The van der Waals surface area contributed by atoms with Crippen LogP contribution in [0.15, 0.2) is 162 Å². The molecule has 1 aromatic heterocycles. The van der Waals surface area contributed by atoms with E-state index in [1.54, 1.807) is 0 Å². The highest BCUT2D eigenvalue weighted by atomic mass is 16.3. The molecule has 1 heterocycles. The summed E-state index contributed by atoms with van der Waals surface area (Å²) in [6, 6.07) is 57.7. The van der Waals surface area contributed by atoms with Gasteiger partial charge in [-0.3, -0.25) is 0 Å². The molecule has 0 amide bonds. The molecule has 0 unspecified atom stereocenters. The van der Waals surface area contributed by atoms with Crippen LogP contribution in [0.2, 0.25) is 0 Å². The molecule has 0 N–H and O–H groups in total. The smallest absolute Gasteiger partial charge is 0.143 e. The van der Waals surface area contributed by atoms with Gasteiger partial charge < -0.3 is 4.42 Å². The van der Waals surface area contributed by atoms with Gasteiger partial charge in [0.1, 0.15) is 11.2 Å². The molecule has 10 aromatic carbocycles. The molecular weight excluding hydrogens is 569 g/mol. The van der Waals surface area contributed by atoms with Gasteiger partial charge in [-0.25, -0.2) is 0 Å². The van der Waals surface area contributed by atoms with Crippen LogP contribution in [0.5, 0.6) is 0 Å². The van der Waals surface area contributed by atoms with Crippen LogP contribution in [0.25, 0.3) is 109 Å². The van der Waals surface area contributed by atoms with Gasteiger partial charge in [-0.15, -0.1) is 0 Å². The Balaban J connectivity index is 1.34. The highest BCUT2D eigenvalue weighted by Crippen LogP contribution is 2.50. The zero-order chi connectivity index (χ0) is 30.6. The maximum absolute atomic E-state index is 6.65. The van der Waals surface area contributed by atoms with Gasteiger partial charge in [0.05, 0.1) is 0 Å². The molecule has 0 bridgehead atoms. The fourth-order valence-electron chi connectivity index (χ4n) is 8.51. The second-order valence-corrected chi connectivity index (χ2v) is 12.7. The Kier molecular flexibility index (Phi) is 4.90. The predicted molar refractivity (Wildman–Crippen MR) is 201 cm³/mol. The van der Waals surface area contributed by atoms with Crippen LogP contribution >= 0.6 is 0 Å². The number of hydrogen-bond acceptors (Lipinski definition) is 1. The van der Waals surface area contributed by atoms with Gasteiger partial charge in [-0.05, 0) is 88.2 Å². The second-order valence-electron chi connectivity index (χ2n) is 12.7. The third-order valence-corrected chi connectivity index (χ3v) is 10.4. The van der Waals surface area contributed by atoms with Crippen molar-refractivity contribution in [1.82, 2.24) is 0 Å². The molecular formula is C46H26O. The van der Waals surface area contributed by atoms with E-state index < -0.39 is 0 Å². The summed E-state index contributed by atoms with van der Waals surface area (Å²) in [4.78, 5) is 0. The minimum Gasteiger partial charge on any atom is -0.455 e. The largest absolute Gasteiger partial charge is 0.455 e. The molecule has 0 spiro atoms. The molecule has 1 heteroatoms. The lowest BCUT2D eigenvalue weighted by Crippen LogP contribution is -1.93. The molecule has 0 saturated heterocycles. The maximum Gasteiger partial charge on any atom is 0.143 e. The predicted octanol–water partition coefficient (Wildman–Crippen LogP) is 13.3. The summed E-state index contributed by atoms with van der Waals surface area (Å²) in [5.74, 6) is 0. The van der Waals surface area contributed by atoms with Crippen molar-refractivity contribution in [1.29, 1.82) is 0 Å². The Morgan fingerprint density at radius 2 is 0.809 bits per heavy atom. The summed E-state index contributed by atoms with van der Waals surface area (Å²) in [5.41, 5.74) is 6.99. The van der Waals surface area contributed by atoms with Crippen LogP contribution in [0.4, 0.5) is 0 Å². The molecule has 0 atom stereocenters. The monoisotopic (exact) mass is 594 g/mol. The van der Waals surface area contributed by atoms with Crippen molar-refractivity contribution < 1.29 is 4.42 Å². The van der Waals surface area contributed by atoms with Crippen molar-refractivity contribution in [2.24, 2.45) is 0 Å². The topological polar surface area (TPSA) is 13.1 Å². The van der Waals surface area contributed by atoms with E-state index in [4.69, 9.17) is 4.42 Å². The Labute approximate surface area is 270 Å². The van der Waals surface area contributed by atoms with Gasteiger partial charge in [-0.2, -0.15) is 0 Å². The molecule has 216 valence electrons. The van der Waals surface area contributed by atoms with E-state index >= 15 is 0 Å². The lowest BCUT2D eigenvalue weighted by atomic mass is 9.82. The number of para-hydroxylation sites is 1. The summed E-state index contributed by atoms with van der Waals surface area (Å²) >= 11 is 0. The molecule has 0 saturated carbocycles. The minimum absolute atomic E-state index is 0.931. The fourth-order valence-corrected chi connectivity index (χ4v) is 8.51. The lowest BCUT2D eigenvalue weighted by molar-refractivity contribution is 0.673. The van der Waals surface area contributed by atoms with Gasteiger partial charge in [0.2, 0.25) is 0 Å². The average molecular weight is 595 g/mol. The van der Waals surface area contributed by atoms with E-state index in [1.807, 2.05) is 0 Å². The summed E-state index contributed by atoms with van der Waals surface area (Å²) in [7, 11) is 0. The molecule has 0 fully saturated rings. The zero-order valence-electron chi connectivity index (χ0n) is 25.4. The maximum atomic E-state index is 6.65. The summed E-state index contributed by atoms with van der Waals surface area (Å²) in [6.07, 6.45) is 0. The zero-order valence-corrected chi connectivity index (χ0v) is 25.4. The fraction of sp³-hybridized carbons (Fsp3) is 0. The molecule has 0 aliphatic carbocycles. The van der Waals surface area contributed by atoms with Gasteiger partial charge in [-0.1, -0.05) is 146 Å². The molecule has 1 nitrogen and oxygen atoms in total. The van der Waals surface area contributed by atoms with Gasteiger partial charge >= 0.3 is 0 Å². The second kappa shape index (κ2) is 9.19. The van der Waals surface area contributed by atoms with E-state index in [0.29, 0.717) is 0 Å². The number of fused-ring (bicyclic) bond motifs is 8. The first-order valence-electron chi connectivity index (χ1n) is 16.3. The van der Waals surface area contributed by atoms with E-state index in [-0.39, 0.29) is 0 Å². The molecule has 0 aliphatic heterocycles. The Bertz CT molecular complexity index is 3010. The summed E-state index contributed by atoms with van der Waals surface area (Å²) in [5, 5.41) is 17.5. The highest BCUT2D eigenvalue weighted by molar-refractivity contribution is 6.39. The molecule has 11 aromatic rings. The van der Waals surface area contributed by atoms with Crippen molar-refractivity contribution in [2.75, 3.05) is 0 Å². The van der Waals surface area contributed by atoms with Crippen LogP contribution in [0.3, 0.4) is 0 Å². The van der Waals surface area contributed by atoms with Crippen molar-refractivity contribution in [3.05, 3.63) is 158 Å². The Morgan fingerprint density at radius 3 is 1.57 bits per heavy atom. The van der Waals surface area contributed by atoms with Gasteiger partial charge in [0, 0.05) is 21.5 Å². The van der Waals surface area contributed by atoms with Crippen LogP contribution in [-0.2, 0) is 0 Å². The highest BCUT2D eigenvalue weighted by Gasteiger charge is 2.23. The van der Waals surface area contributed by atoms with Crippen LogP contribution in [-0.4, -0.2) is 0 Å². The van der Waals surface area contributed by atoms with Crippen molar-refractivity contribution in [3.8, 4) is 22.3 Å². The molecule has 47 heavy (non-hydrogen) atoms. The Morgan fingerprint density at radius 1 is 0.298 bits per heavy atom.